The van der Waals surface area contributed by atoms with E-state index in [9.17, 15) is 0 Å². The zero-order chi connectivity index (χ0) is 25.4. The normalized spacial score (nSPS) is 13.3. The van der Waals surface area contributed by atoms with Crippen molar-refractivity contribution in [1.29, 1.82) is 0 Å². The van der Waals surface area contributed by atoms with Gasteiger partial charge in [-0.25, -0.2) is 0 Å². The van der Waals surface area contributed by atoms with Crippen LogP contribution in [0.25, 0.3) is 21.9 Å². The van der Waals surface area contributed by atoms with Crippen LogP contribution in [-0.4, -0.2) is 0 Å². The molecule has 36 heavy (non-hydrogen) atoms. The van der Waals surface area contributed by atoms with Crippen LogP contribution in [0.4, 0.5) is 0 Å². The van der Waals surface area contributed by atoms with Gasteiger partial charge >= 0.3 is 8.16 Å². The van der Waals surface area contributed by atoms with E-state index < -0.39 is 8.16 Å². The molecule has 0 radical (unpaired) electrons. The van der Waals surface area contributed by atoms with Gasteiger partial charge in [0.1, 0.15) is 0 Å². The van der Waals surface area contributed by atoms with Gasteiger partial charge in [0.2, 0.25) is 0 Å². The summed E-state index contributed by atoms with van der Waals surface area (Å²) < 4.78 is 15.5. The first-order valence-electron chi connectivity index (χ1n) is 11.4. The van der Waals surface area contributed by atoms with Crippen LogP contribution < -0.4 is 4.67 Å². The molecule has 5 aromatic rings. The smallest absolute Gasteiger partial charge is 0.310 e. The standard InChI is InChI=1S/C28H22Cl4NO2P/c1-17(19-9-5-3-6-10-19)33(18(2)20-11-7-4-8-12-20)36-34-27-23(13-21(29)15-25(27)31)24-14-22(30)16-26(32)28(24)35-36/h3-18H,1-2H3/t17-,18-/m0/s1. The zero-order valence-corrected chi connectivity index (χ0v) is 23.4. The molecule has 0 N–H and O–H groups in total. The summed E-state index contributed by atoms with van der Waals surface area (Å²) >= 11 is 26.2. The summed E-state index contributed by atoms with van der Waals surface area (Å²) in [7, 11) is -1.73. The van der Waals surface area contributed by atoms with Gasteiger partial charge in [0.05, 0.1) is 10.0 Å². The second-order valence-electron chi connectivity index (χ2n) is 8.50. The molecule has 184 valence electrons. The molecule has 0 saturated carbocycles. The van der Waals surface area contributed by atoms with Gasteiger partial charge in [-0.2, -0.15) is 4.67 Å². The summed E-state index contributed by atoms with van der Waals surface area (Å²) in [4.78, 5) is 0. The first-order chi connectivity index (χ1) is 17.3. The highest BCUT2D eigenvalue weighted by atomic mass is 35.5. The van der Waals surface area contributed by atoms with Gasteiger partial charge in [0, 0.05) is 32.9 Å². The lowest BCUT2D eigenvalue weighted by Gasteiger charge is -2.31. The topological polar surface area (TPSA) is 29.5 Å². The molecular weight excluding hydrogens is 555 g/mol. The molecule has 0 aliphatic rings. The second-order valence-corrected chi connectivity index (χ2v) is 11.5. The number of hydrogen-bond donors (Lipinski definition) is 0. The van der Waals surface area contributed by atoms with Crippen LogP contribution >= 0.6 is 54.6 Å². The van der Waals surface area contributed by atoms with Gasteiger partial charge in [0.15, 0.2) is 11.2 Å². The number of nitrogens with zero attached hydrogens (tertiary/aromatic N) is 1. The van der Waals surface area contributed by atoms with E-state index in [0.29, 0.717) is 42.0 Å². The summed E-state index contributed by atoms with van der Waals surface area (Å²) in [5.41, 5.74) is 3.22. The highest BCUT2D eigenvalue weighted by Crippen LogP contribution is 2.48. The van der Waals surface area contributed by atoms with Crippen molar-refractivity contribution in [3.8, 4) is 0 Å². The molecule has 0 aliphatic carbocycles. The molecule has 0 fully saturated rings. The fourth-order valence-corrected chi connectivity index (χ4v) is 7.30. The molecule has 3 nitrogen and oxygen atoms in total. The Morgan fingerprint density at radius 2 is 1.00 bits per heavy atom. The molecule has 1 aromatic heterocycles. The first kappa shape index (κ1) is 25.5. The van der Waals surface area contributed by atoms with Gasteiger partial charge in [0.25, 0.3) is 0 Å². The number of benzene rings is 4. The predicted molar refractivity (Wildman–Crippen MR) is 154 cm³/mol. The van der Waals surface area contributed by atoms with Crippen molar-refractivity contribution in [2.75, 3.05) is 4.67 Å². The minimum atomic E-state index is -1.73. The second kappa shape index (κ2) is 10.7. The van der Waals surface area contributed by atoms with Crippen LogP contribution in [0.3, 0.4) is 0 Å². The SMILES string of the molecule is C[C@@H](c1ccccc1)N([C@@H](C)c1ccccc1)p1oc2c(Cl)cc(Cl)cc2c2cc(Cl)cc(Cl)c2o1. The zero-order valence-electron chi connectivity index (χ0n) is 19.5. The van der Waals surface area contributed by atoms with E-state index in [0.717, 1.165) is 11.1 Å². The average Bonchev–Trinajstić information content (AvgIpc) is 3.03. The largest absolute Gasteiger partial charge is 0.406 e. The van der Waals surface area contributed by atoms with Gasteiger partial charge in [-0.05, 0) is 49.2 Å². The summed E-state index contributed by atoms with van der Waals surface area (Å²) in [5.74, 6) is 0. The monoisotopic (exact) mass is 575 g/mol. The number of fused-ring (bicyclic) bond motifs is 3. The molecule has 1 heterocycles. The van der Waals surface area contributed by atoms with E-state index in [1.165, 1.54) is 0 Å². The van der Waals surface area contributed by atoms with Gasteiger partial charge in [-0.15, -0.1) is 0 Å². The van der Waals surface area contributed by atoms with Crippen LogP contribution in [0.5, 0.6) is 0 Å². The molecule has 4 aromatic carbocycles. The van der Waals surface area contributed by atoms with Gasteiger partial charge in [-0.1, -0.05) is 107 Å². The molecule has 0 unspecified atom stereocenters. The van der Waals surface area contributed by atoms with Crippen LogP contribution in [0.15, 0.2) is 93.3 Å². The lowest BCUT2D eigenvalue weighted by molar-refractivity contribution is 0.558. The lowest BCUT2D eigenvalue weighted by Crippen LogP contribution is -2.27. The Hall–Kier alpha value is -2.10. The molecule has 5 rings (SSSR count). The van der Waals surface area contributed by atoms with Crippen LogP contribution in [-0.2, 0) is 0 Å². The van der Waals surface area contributed by atoms with Crippen molar-refractivity contribution in [3.63, 3.8) is 0 Å². The Balaban J connectivity index is 1.86. The third-order valence-corrected chi connectivity index (χ3v) is 8.94. The van der Waals surface area contributed by atoms with Crippen molar-refractivity contribution >= 4 is 76.5 Å². The summed E-state index contributed by atoms with van der Waals surface area (Å²) in [5, 5.41) is 3.08. The van der Waals surface area contributed by atoms with E-state index in [1.807, 2.05) is 36.4 Å². The number of halogens is 4. The summed E-state index contributed by atoms with van der Waals surface area (Å²) in [6.45, 7) is 4.28. The molecule has 0 amide bonds. The number of hydrogen-bond acceptors (Lipinski definition) is 3. The fraction of sp³-hybridized carbons (Fsp3) is 0.143. The molecule has 0 spiro atoms. The van der Waals surface area contributed by atoms with Gasteiger partial charge < -0.3 is 8.39 Å². The Morgan fingerprint density at radius 1 is 0.611 bits per heavy atom. The summed E-state index contributed by atoms with van der Waals surface area (Å²) in [6, 6.07) is 27.3. The Morgan fingerprint density at radius 3 is 1.39 bits per heavy atom. The molecule has 8 heteroatoms. The minimum absolute atomic E-state index is 0.0605. The molecule has 0 saturated heterocycles. The minimum Gasteiger partial charge on any atom is -0.406 e. The van der Waals surface area contributed by atoms with Crippen molar-refractivity contribution in [2.24, 2.45) is 0 Å². The Kier molecular flexibility index (Phi) is 7.60. The van der Waals surface area contributed by atoms with Crippen molar-refractivity contribution in [1.82, 2.24) is 0 Å². The maximum absolute atomic E-state index is 6.69. The van der Waals surface area contributed by atoms with Crippen LogP contribution in [0.2, 0.25) is 20.1 Å². The first-order valence-corrected chi connectivity index (χ1v) is 14.0. The summed E-state index contributed by atoms with van der Waals surface area (Å²) in [6.07, 6.45) is 0. The fourth-order valence-electron chi connectivity index (χ4n) is 4.36. The number of rotatable bonds is 5. The third kappa shape index (κ3) is 5.02. The Labute approximate surface area is 230 Å². The van der Waals surface area contributed by atoms with E-state index in [-0.39, 0.29) is 12.1 Å². The highest BCUT2D eigenvalue weighted by Gasteiger charge is 2.29. The van der Waals surface area contributed by atoms with Gasteiger partial charge in [-0.3, -0.25) is 0 Å². The van der Waals surface area contributed by atoms with E-state index in [1.54, 1.807) is 24.3 Å². The van der Waals surface area contributed by atoms with E-state index in [2.05, 4.69) is 42.8 Å². The predicted octanol–water partition coefficient (Wildman–Crippen LogP) is 11.4. The maximum atomic E-state index is 6.69. The van der Waals surface area contributed by atoms with E-state index in [4.69, 9.17) is 54.8 Å². The quantitative estimate of drug-likeness (QED) is 0.208. The highest BCUT2D eigenvalue weighted by molar-refractivity contribution is 7.39. The van der Waals surface area contributed by atoms with Crippen molar-refractivity contribution in [3.05, 3.63) is 116 Å². The molecular formula is C28H22Cl4NO2P. The Bertz CT molecular complexity index is 1460. The van der Waals surface area contributed by atoms with Crippen LogP contribution in [0, 0.1) is 0 Å². The van der Waals surface area contributed by atoms with E-state index >= 15 is 0 Å². The molecule has 2 atom stereocenters. The third-order valence-electron chi connectivity index (χ3n) is 6.19. The van der Waals surface area contributed by atoms with Crippen molar-refractivity contribution < 1.29 is 8.39 Å². The molecule has 0 aliphatic heterocycles. The van der Waals surface area contributed by atoms with Crippen LogP contribution in [0.1, 0.15) is 37.1 Å². The van der Waals surface area contributed by atoms with Crippen molar-refractivity contribution in [2.45, 2.75) is 25.9 Å². The average molecular weight is 577 g/mol. The lowest BCUT2D eigenvalue weighted by atomic mass is 10.0. The maximum Gasteiger partial charge on any atom is 0.310 e. The molecule has 0 bridgehead atoms.